The first-order valence-electron chi connectivity index (χ1n) is 18.2. The second-order valence-electron chi connectivity index (χ2n) is 13.9. The Hall–Kier alpha value is -3.40. The van der Waals surface area contributed by atoms with Crippen LogP contribution in [0.1, 0.15) is 112 Å². The van der Waals surface area contributed by atoms with Gasteiger partial charge in [0.2, 0.25) is 11.8 Å². The van der Waals surface area contributed by atoms with Crippen LogP contribution in [0.25, 0.3) is 22.9 Å². The molecule has 1 aliphatic rings. The summed E-state index contributed by atoms with van der Waals surface area (Å²) < 4.78 is 94.8. The smallest absolute Gasteiger partial charge is 0.416 e. The van der Waals surface area contributed by atoms with Crippen molar-refractivity contribution >= 4 is 28.6 Å². The van der Waals surface area contributed by atoms with Crippen LogP contribution >= 0.6 is 22.6 Å². The first-order chi connectivity index (χ1) is 25.5. The van der Waals surface area contributed by atoms with E-state index < -0.39 is 34.9 Å². The Labute approximate surface area is 325 Å². The number of hydrogen-bond donors (Lipinski definition) is 1. The highest BCUT2D eigenvalue weighted by Gasteiger charge is 2.38. The minimum Gasteiger partial charge on any atom is -0.481 e. The fraction of sp³-hybridized carbons (Fsp3) is 0.525. The lowest BCUT2D eigenvalue weighted by Crippen LogP contribution is -2.32. The first kappa shape index (κ1) is 43.3. The highest BCUT2D eigenvalue weighted by Crippen LogP contribution is 2.40. The molecule has 5 rings (SSSR count). The molecule has 0 spiro atoms. The largest absolute Gasteiger partial charge is 0.481 e. The number of oxazole rings is 2. The van der Waals surface area contributed by atoms with E-state index in [1.165, 1.54) is 12.1 Å². The van der Waals surface area contributed by atoms with Gasteiger partial charge in [-0.2, -0.15) is 26.3 Å². The van der Waals surface area contributed by atoms with E-state index in [0.717, 1.165) is 74.9 Å². The Bertz CT molecular complexity index is 1810. The molecule has 14 heteroatoms. The summed E-state index contributed by atoms with van der Waals surface area (Å²) in [7, 11) is 0. The second-order valence-corrected chi connectivity index (χ2v) is 14.7. The van der Waals surface area contributed by atoms with Crippen molar-refractivity contribution in [1.82, 2.24) is 9.97 Å². The van der Waals surface area contributed by atoms with Gasteiger partial charge >= 0.3 is 18.3 Å². The lowest BCUT2D eigenvalue weighted by atomic mass is 9.72. The predicted octanol–water partition coefficient (Wildman–Crippen LogP) is 12.8. The number of aryl methyl sites for hydroxylation is 2. The van der Waals surface area contributed by atoms with Crippen molar-refractivity contribution < 1.29 is 49.8 Å². The van der Waals surface area contributed by atoms with Crippen LogP contribution in [0.4, 0.5) is 26.3 Å². The molecule has 54 heavy (non-hydrogen) atoms. The quantitative estimate of drug-likeness (QED) is 0.0765. The molecule has 296 valence electrons. The molecule has 1 N–H and O–H groups in total. The molecule has 2 atom stereocenters. The number of carboxylic acids is 1. The molecule has 2 aromatic heterocycles. The number of rotatable bonds is 14. The molecule has 1 saturated carbocycles. The maximum Gasteiger partial charge on any atom is 0.416 e. The Kier molecular flexibility index (Phi) is 15.2. The molecule has 1 aliphatic carbocycles. The van der Waals surface area contributed by atoms with Crippen molar-refractivity contribution in [1.29, 1.82) is 0 Å². The highest BCUT2D eigenvalue weighted by molar-refractivity contribution is 14.1. The van der Waals surface area contributed by atoms with E-state index in [0.29, 0.717) is 52.4 Å². The van der Waals surface area contributed by atoms with E-state index in [9.17, 15) is 36.2 Å². The Morgan fingerprint density at radius 2 is 1.35 bits per heavy atom. The van der Waals surface area contributed by atoms with Crippen LogP contribution in [0.2, 0.25) is 0 Å². The van der Waals surface area contributed by atoms with E-state index in [1.807, 2.05) is 13.8 Å². The van der Waals surface area contributed by atoms with Gasteiger partial charge in [-0.3, -0.25) is 4.79 Å². The minimum absolute atomic E-state index is 0.0495. The molecule has 0 aliphatic heterocycles. The number of aliphatic carboxylic acids is 1. The summed E-state index contributed by atoms with van der Waals surface area (Å²) in [6.45, 7) is 7.80. The topological polar surface area (TPSA) is 98.6 Å². The maximum absolute atomic E-state index is 13.1. The zero-order chi connectivity index (χ0) is 39.7. The highest BCUT2D eigenvalue weighted by atomic mass is 127. The number of benzene rings is 2. The van der Waals surface area contributed by atoms with Gasteiger partial charge in [0.1, 0.15) is 17.2 Å². The molecule has 7 nitrogen and oxygen atoms in total. The Balaban J connectivity index is 0.000000301. The van der Waals surface area contributed by atoms with Crippen LogP contribution in [0.5, 0.6) is 0 Å². The molecule has 0 bridgehead atoms. The lowest BCUT2D eigenvalue weighted by molar-refractivity contribution is -0.151. The zero-order valence-corrected chi connectivity index (χ0v) is 33.0. The Morgan fingerprint density at radius 3 is 1.81 bits per heavy atom. The van der Waals surface area contributed by atoms with E-state index in [-0.39, 0.29) is 30.1 Å². The van der Waals surface area contributed by atoms with E-state index in [2.05, 4.69) is 32.6 Å². The molecule has 0 amide bonds. The van der Waals surface area contributed by atoms with Crippen LogP contribution < -0.4 is 0 Å². The fourth-order valence-electron chi connectivity index (χ4n) is 7.00. The van der Waals surface area contributed by atoms with E-state index in [1.54, 1.807) is 26.0 Å². The molecular weight excluding hydrogens is 829 g/mol. The molecule has 2 aromatic carbocycles. The van der Waals surface area contributed by atoms with Crippen LogP contribution in [0.3, 0.4) is 0 Å². The molecule has 4 aromatic rings. The van der Waals surface area contributed by atoms with E-state index in [4.69, 9.17) is 13.6 Å². The third-order valence-electron chi connectivity index (χ3n) is 9.92. The van der Waals surface area contributed by atoms with Crippen molar-refractivity contribution in [2.24, 2.45) is 11.3 Å². The van der Waals surface area contributed by atoms with Crippen molar-refractivity contribution in [3.63, 3.8) is 0 Å². The number of alkyl halides is 7. The first-order valence-corrected chi connectivity index (χ1v) is 19.7. The monoisotopic (exact) mass is 876 g/mol. The zero-order valence-electron chi connectivity index (χ0n) is 30.9. The van der Waals surface area contributed by atoms with E-state index >= 15 is 0 Å². The van der Waals surface area contributed by atoms with Gasteiger partial charge in [0.05, 0.1) is 34.9 Å². The second kappa shape index (κ2) is 19.0. The molecule has 2 heterocycles. The molecule has 1 fully saturated rings. The summed E-state index contributed by atoms with van der Waals surface area (Å²) in [5.41, 5.74) is -0.126. The summed E-state index contributed by atoms with van der Waals surface area (Å²) in [5, 5.41) is 9.95. The van der Waals surface area contributed by atoms with Crippen LogP contribution in [0, 0.1) is 25.2 Å². The lowest BCUT2D eigenvalue weighted by Gasteiger charge is -2.33. The number of ether oxygens (including phenoxy) is 1. The normalized spacial score (nSPS) is 16.6. The standard InChI is InChI=1S/C28H38F3NO4.C12H9F3INO/c1-4-13-27(14-5-2,26(33)34)15-12-20-8-6-11-23(16-20)35-18-24-19(3)36-25(32-24)21-9-7-10-22(17-21)28(29,30)31;1-7-10(6-16)17-11(18-7)8-3-2-4-9(5-8)12(13,14)15/h7,9-10,17,20,23H,4-6,8,11-16,18H2,1-3H3,(H,33,34);2-5H,6H2,1H3/t20-,23-;/m1./s1. The SMILES string of the molecule is CCCC(CCC)(CC[C@H]1CCC[C@@H](OCc2nc(-c3cccc(C(F)(F)F)c3)oc2C)C1)C(=O)O.Cc1oc(-c2cccc(C(F)(F)F)c2)nc1CI. The molecule has 0 unspecified atom stereocenters. The molecular formula is C40H47F6IN2O5. The predicted molar refractivity (Wildman–Crippen MR) is 201 cm³/mol. The van der Waals surface area contributed by atoms with Gasteiger partial charge in [0.25, 0.3) is 0 Å². The summed E-state index contributed by atoms with van der Waals surface area (Å²) in [5.74, 6) is 1.29. The van der Waals surface area contributed by atoms with Gasteiger partial charge in [0.15, 0.2) is 0 Å². The Morgan fingerprint density at radius 1 is 0.833 bits per heavy atom. The van der Waals surface area contributed by atoms with Crippen molar-refractivity contribution in [2.75, 3.05) is 0 Å². The number of hydrogen-bond acceptors (Lipinski definition) is 6. The van der Waals surface area contributed by atoms with Gasteiger partial charge < -0.3 is 18.7 Å². The minimum atomic E-state index is -4.43. The number of carboxylic acid groups (broad SMARTS) is 1. The van der Waals surface area contributed by atoms with Gasteiger partial charge in [-0.15, -0.1) is 0 Å². The number of carbonyl (C=O) groups is 1. The van der Waals surface area contributed by atoms with Gasteiger partial charge in [-0.1, -0.05) is 74.3 Å². The summed E-state index contributed by atoms with van der Waals surface area (Å²) in [4.78, 5) is 20.7. The fourth-order valence-corrected chi connectivity index (χ4v) is 7.71. The van der Waals surface area contributed by atoms with Crippen LogP contribution in [-0.2, 0) is 32.9 Å². The number of nitrogens with zero attached hydrogens (tertiary/aromatic N) is 2. The summed E-state index contributed by atoms with van der Waals surface area (Å²) in [6, 6.07) is 9.92. The molecule has 0 saturated heterocycles. The van der Waals surface area contributed by atoms with Crippen molar-refractivity contribution in [3.05, 3.63) is 82.6 Å². The number of halogens is 7. The number of aromatic nitrogens is 2. The van der Waals surface area contributed by atoms with Crippen molar-refractivity contribution in [3.8, 4) is 22.9 Å². The average molecular weight is 877 g/mol. The summed E-state index contributed by atoms with van der Waals surface area (Å²) in [6.07, 6.45) is -0.0850. The van der Waals surface area contributed by atoms with Gasteiger partial charge in [-0.25, -0.2) is 9.97 Å². The third-order valence-corrected chi connectivity index (χ3v) is 10.6. The van der Waals surface area contributed by atoms with Gasteiger partial charge in [-0.05, 0) is 94.7 Å². The maximum atomic E-state index is 13.1. The van der Waals surface area contributed by atoms with Crippen LogP contribution in [0.15, 0.2) is 57.4 Å². The summed E-state index contributed by atoms with van der Waals surface area (Å²) >= 11 is 2.13. The van der Waals surface area contributed by atoms with Crippen molar-refractivity contribution in [2.45, 2.75) is 121 Å². The third kappa shape index (κ3) is 11.6. The molecule has 0 radical (unpaired) electrons. The average Bonchev–Trinajstić information content (AvgIpc) is 3.71. The van der Waals surface area contributed by atoms with Crippen LogP contribution in [-0.4, -0.2) is 27.1 Å². The van der Waals surface area contributed by atoms with Gasteiger partial charge in [0, 0.05) is 15.6 Å².